The quantitative estimate of drug-likeness (QED) is 0.128. The Bertz CT molecular complexity index is 400. The van der Waals surface area contributed by atoms with Gasteiger partial charge >= 0.3 is 0 Å². The third-order valence-corrected chi connectivity index (χ3v) is 6.48. The highest BCUT2D eigenvalue weighted by Crippen LogP contribution is 2.31. The summed E-state index contributed by atoms with van der Waals surface area (Å²) < 4.78 is 17.5. The van der Waals surface area contributed by atoms with Gasteiger partial charge < -0.3 is 13.9 Å². The van der Waals surface area contributed by atoms with E-state index in [0.29, 0.717) is 13.2 Å². The summed E-state index contributed by atoms with van der Waals surface area (Å²) in [6.45, 7) is 3.74. The molecule has 29 heavy (non-hydrogen) atoms. The zero-order valence-electron chi connectivity index (χ0n) is 20.1. The maximum atomic E-state index is 11.8. The summed E-state index contributed by atoms with van der Waals surface area (Å²) in [6, 6.07) is 0. The lowest BCUT2D eigenvalue weighted by atomic mass is 10.0. The molecular weight excluding hydrogens is 383 g/mol. The van der Waals surface area contributed by atoms with Gasteiger partial charge in [0, 0.05) is 0 Å². The molecule has 1 unspecified atom stereocenters. The van der Waals surface area contributed by atoms with Crippen LogP contribution in [0.15, 0.2) is 0 Å². The van der Waals surface area contributed by atoms with E-state index < -0.39 is 7.75 Å². The van der Waals surface area contributed by atoms with Crippen molar-refractivity contribution in [2.24, 2.45) is 0 Å². The van der Waals surface area contributed by atoms with Crippen molar-refractivity contribution in [2.45, 2.75) is 110 Å². The SMILES string of the molecule is CCCCCCCCCCCCCCCCCCOP(=O)([O-])NCC[N+](C)(C)C. The fourth-order valence-electron chi connectivity index (χ4n) is 3.40. The molecule has 6 heteroatoms. The Morgan fingerprint density at radius 2 is 1.10 bits per heavy atom. The van der Waals surface area contributed by atoms with Crippen molar-refractivity contribution < 1.29 is 18.5 Å². The Morgan fingerprint density at radius 3 is 1.48 bits per heavy atom. The molecule has 176 valence electrons. The molecule has 0 aliphatic heterocycles. The molecule has 1 N–H and O–H groups in total. The molecule has 0 saturated carbocycles. The molecule has 0 aliphatic carbocycles. The Balaban J connectivity index is 3.28. The molecule has 0 rings (SSSR count). The molecule has 0 amide bonds. The summed E-state index contributed by atoms with van der Waals surface area (Å²) >= 11 is 0. The Labute approximate surface area is 182 Å². The van der Waals surface area contributed by atoms with Gasteiger partial charge in [-0.25, -0.2) is 0 Å². The van der Waals surface area contributed by atoms with Gasteiger partial charge in [-0.2, -0.15) is 0 Å². The van der Waals surface area contributed by atoms with E-state index >= 15 is 0 Å². The van der Waals surface area contributed by atoms with Crippen molar-refractivity contribution >= 4 is 7.75 Å². The first-order valence-corrected chi connectivity index (χ1v) is 13.8. The van der Waals surface area contributed by atoms with Gasteiger partial charge in [-0.15, -0.1) is 0 Å². The lowest BCUT2D eigenvalue weighted by Crippen LogP contribution is -2.40. The molecule has 0 radical (unpaired) electrons. The lowest BCUT2D eigenvalue weighted by Gasteiger charge is -2.28. The van der Waals surface area contributed by atoms with Gasteiger partial charge in [-0.05, 0) is 6.42 Å². The largest absolute Gasteiger partial charge is 0.766 e. The highest BCUT2D eigenvalue weighted by molar-refractivity contribution is 7.49. The van der Waals surface area contributed by atoms with Crippen LogP contribution in [0.4, 0.5) is 0 Å². The van der Waals surface area contributed by atoms with Crippen molar-refractivity contribution in [1.82, 2.24) is 5.09 Å². The predicted octanol–water partition coefficient (Wildman–Crippen LogP) is 6.03. The molecular formula is C23H51N2O3P. The molecule has 5 nitrogen and oxygen atoms in total. The van der Waals surface area contributed by atoms with Crippen LogP contribution in [0.1, 0.15) is 110 Å². The number of hydrogen-bond donors (Lipinski definition) is 1. The van der Waals surface area contributed by atoms with Gasteiger partial charge in [-0.3, -0.25) is 9.65 Å². The third kappa shape index (κ3) is 24.2. The first-order chi connectivity index (χ1) is 13.8. The zero-order chi connectivity index (χ0) is 21.8. The van der Waals surface area contributed by atoms with Crippen molar-refractivity contribution in [3.8, 4) is 0 Å². The number of rotatable bonds is 22. The molecule has 0 bridgehead atoms. The average Bonchev–Trinajstić information content (AvgIpc) is 2.63. The second kappa shape index (κ2) is 18.8. The van der Waals surface area contributed by atoms with E-state index in [-0.39, 0.29) is 0 Å². The first kappa shape index (κ1) is 29.1. The molecule has 1 atom stereocenters. The minimum absolute atomic E-state index is 0.302. The number of hydrogen-bond acceptors (Lipinski definition) is 3. The van der Waals surface area contributed by atoms with Gasteiger partial charge in [0.05, 0.1) is 40.8 Å². The van der Waals surface area contributed by atoms with Gasteiger partial charge in [0.2, 0.25) is 7.75 Å². The molecule has 0 fully saturated rings. The first-order valence-electron chi connectivity index (χ1n) is 12.3. The highest BCUT2D eigenvalue weighted by atomic mass is 31.2. The van der Waals surface area contributed by atoms with Crippen molar-refractivity contribution in [1.29, 1.82) is 0 Å². The van der Waals surface area contributed by atoms with Gasteiger partial charge in [0.15, 0.2) is 0 Å². The fourth-order valence-corrected chi connectivity index (χ4v) is 4.24. The van der Waals surface area contributed by atoms with Crippen LogP contribution in [0.2, 0.25) is 0 Å². The topological polar surface area (TPSA) is 61.4 Å². The highest BCUT2D eigenvalue weighted by Gasteiger charge is 2.11. The Kier molecular flexibility index (Phi) is 18.9. The summed E-state index contributed by atoms with van der Waals surface area (Å²) in [4.78, 5) is 11.8. The molecule has 0 saturated heterocycles. The number of unbranched alkanes of at least 4 members (excludes halogenated alkanes) is 15. The van der Waals surface area contributed by atoms with Crippen molar-refractivity contribution in [2.75, 3.05) is 40.8 Å². The predicted molar refractivity (Wildman–Crippen MR) is 124 cm³/mol. The normalized spacial score (nSPS) is 14.2. The summed E-state index contributed by atoms with van der Waals surface area (Å²) in [6.07, 6.45) is 21.0. The van der Waals surface area contributed by atoms with Crippen LogP contribution >= 0.6 is 7.75 Å². The van der Waals surface area contributed by atoms with E-state index in [0.717, 1.165) is 23.9 Å². The number of quaternary nitrogens is 1. The standard InChI is InChI=1S/C23H51N2O3P/c1-5-6-7-8-9-10-11-12-13-14-15-16-17-18-19-20-23-28-29(26,27)24-21-22-25(2,3)4/h5-23H2,1-4H3,(H-,24,26,27). The van der Waals surface area contributed by atoms with Crippen molar-refractivity contribution in [3.05, 3.63) is 0 Å². The maximum absolute atomic E-state index is 11.8. The summed E-state index contributed by atoms with van der Waals surface area (Å²) in [7, 11) is 2.23. The zero-order valence-corrected chi connectivity index (χ0v) is 20.9. The second-order valence-corrected chi connectivity index (χ2v) is 11.1. The Hall–Kier alpha value is 0.0700. The molecule has 0 aromatic carbocycles. The van der Waals surface area contributed by atoms with Crippen molar-refractivity contribution in [3.63, 3.8) is 0 Å². The van der Waals surface area contributed by atoms with Gasteiger partial charge in [0.1, 0.15) is 0 Å². The smallest absolute Gasteiger partial charge is 0.204 e. The number of nitrogens with one attached hydrogen (secondary N) is 1. The van der Waals surface area contributed by atoms with Crippen LogP contribution in [0, 0.1) is 0 Å². The van der Waals surface area contributed by atoms with E-state index in [9.17, 15) is 9.46 Å². The summed E-state index contributed by atoms with van der Waals surface area (Å²) in [5, 5.41) is 2.53. The van der Waals surface area contributed by atoms with Crippen LogP contribution in [0.25, 0.3) is 0 Å². The lowest BCUT2D eigenvalue weighted by molar-refractivity contribution is -0.869. The van der Waals surface area contributed by atoms with Crippen LogP contribution in [0.5, 0.6) is 0 Å². The van der Waals surface area contributed by atoms with Crippen LogP contribution in [0.3, 0.4) is 0 Å². The second-order valence-electron chi connectivity index (χ2n) is 9.56. The third-order valence-electron chi connectivity index (χ3n) is 5.35. The molecule has 0 heterocycles. The van der Waals surface area contributed by atoms with Crippen LogP contribution in [-0.4, -0.2) is 45.3 Å². The maximum Gasteiger partial charge on any atom is 0.204 e. The minimum Gasteiger partial charge on any atom is -0.766 e. The number of likely N-dealkylation sites (N-methyl/N-ethyl adjacent to an activating group) is 1. The van der Waals surface area contributed by atoms with E-state index in [4.69, 9.17) is 4.52 Å². The summed E-state index contributed by atoms with van der Waals surface area (Å²) in [5.41, 5.74) is 0. The van der Waals surface area contributed by atoms with E-state index in [1.807, 2.05) is 21.1 Å². The van der Waals surface area contributed by atoms with Crippen LogP contribution in [-0.2, 0) is 9.09 Å². The minimum atomic E-state index is -3.88. The number of nitrogens with zero attached hydrogens (tertiary/aromatic N) is 1. The van der Waals surface area contributed by atoms with Gasteiger partial charge in [0.25, 0.3) is 0 Å². The van der Waals surface area contributed by atoms with E-state index in [1.54, 1.807) is 0 Å². The summed E-state index contributed by atoms with van der Waals surface area (Å²) in [5.74, 6) is 0. The average molecular weight is 435 g/mol. The Morgan fingerprint density at radius 1 is 0.724 bits per heavy atom. The fraction of sp³-hybridized carbons (Fsp3) is 1.00. The molecule has 0 aromatic heterocycles. The van der Waals surface area contributed by atoms with Crippen LogP contribution < -0.4 is 9.98 Å². The van der Waals surface area contributed by atoms with Gasteiger partial charge in [-0.1, -0.05) is 103 Å². The van der Waals surface area contributed by atoms with E-state index in [2.05, 4.69) is 12.0 Å². The molecule has 0 aliphatic rings. The molecule has 0 aromatic rings. The monoisotopic (exact) mass is 434 g/mol. The molecule has 0 spiro atoms. The van der Waals surface area contributed by atoms with E-state index in [1.165, 1.54) is 89.9 Å².